The van der Waals surface area contributed by atoms with Gasteiger partial charge in [-0.15, -0.1) is 0 Å². The summed E-state index contributed by atoms with van der Waals surface area (Å²) in [4.78, 5) is 8.72. The number of benzene rings is 2. The fourth-order valence-corrected chi connectivity index (χ4v) is 2.44. The van der Waals surface area contributed by atoms with Gasteiger partial charge in [-0.25, -0.2) is 4.98 Å². The summed E-state index contributed by atoms with van der Waals surface area (Å²) in [6, 6.07) is 17.0. The van der Waals surface area contributed by atoms with Gasteiger partial charge in [-0.2, -0.15) is 4.98 Å². The van der Waals surface area contributed by atoms with Gasteiger partial charge in [0.1, 0.15) is 11.6 Å². The third kappa shape index (κ3) is 4.84. The molecule has 0 saturated heterocycles. The number of halogens is 1. The Morgan fingerprint density at radius 3 is 2.64 bits per heavy atom. The monoisotopic (exact) mass is 354 g/mol. The van der Waals surface area contributed by atoms with E-state index < -0.39 is 0 Å². The summed E-state index contributed by atoms with van der Waals surface area (Å²) in [7, 11) is 0. The zero-order valence-corrected chi connectivity index (χ0v) is 14.8. The van der Waals surface area contributed by atoms with Gasteiger partial charge in [0.25, 0.3) is 0 Å². The number of hydrogen-bond acceptors (Lipinski definition) is 5. The molecule has 0 aliphatic carbocycles. The van der Waals surface area contributed by atoms with Crippen molar-refractivity contribution in [1.82, 2.24) is 9.97 Å². The third-order valence-corrected chi connectivity index (χ3v) is 3.48. The number of anilines is 4. The maximum absolute atomic E-state index is 6.00. The lowest BCUT2D eigenvalue weighted by Crippen LogP contribution is -2.07. The third-order valence-electron chi connectivity index (χ3n) is 3.25. The van der Waals surface area contributed by atoms with Crippen LogP contribution in [0.25, 0.3) is 0 Å². The lowest BCUT2D eigenvalue weighted by atomic mass is 10.3. The second kappa shape index (κ2) is 7.85. The molecule has 6 heteroatoms. The summed E-state index contributed by atoms with van der Waals surface area (Å²) >= 11 is 6.00. The van der Waals surface area contributed by atoms with Crippen molar-refractivity contribution in [2.45, 2.75) is 20.0 Å². The summed E-state index contributed by atoms with van der Waals surface area (Å²) in [5.74, 6) is 1.93. The number of para-hydroxylation sites is 2. The Hall–Kier alpha value is -2.79. The first-order chi connectivity index (χ1) is 12.1. The molecule has 0 amide bonds. The molecule has 25 heavy (non-hydrogen) atoms. The molecular weight excluding hydrogens is 336 g/mol. The van der Waals surface area contributed by atoms with Gasteiger partial charge < -0.3 is 15.4 Å². The molecule has 1 aromatic heterocycles. The van der Waals surface area contributed by atoms with Crippen LogP contribution in [0.5, 0.6) is 5.75 Å². The molecular formula is C19H19ClN4O. The van der Waals surface area contributed by atoms with E-state index in [0.717, 1.165) is 17.1 Å². The molecule has 0 aliphatic heterocycles. The Morgan fingerprint density at radius 1 is 1.00 bits per heavy atom. The normalized spacial score (nSPS) is 10.6. The summed E-state index contributed by atoms with van der Waals surface area (Å²) in [5.41, 5.74) is 1.68. The molecule has 2 aromatic carbocycles. The number of nitrogens with one attached hydrogen (secondary N) is 2. The highest BCUT2D eigenvalue weighted by Crippen LogP contribution is 2.28. The zero-order valence-electron chi connectivity index (χ0n) is 14.0. The van der Waals surface area contributed by atoms with Crippen LogP contribution in [-0.4, -0.2) is 16.1 Å². The van der Waals surface area contributed by atoms with Gasteiger partial charge in [-0.1, -0.05) is 29.8 Å². The lowest BCUT2D eigenvalue weighted by Gasteiger charge is -2.15. The summed E-state index contributed by atoms with van der Waals surface area (Å²) in [5, 5.41) is 7.06. The molecule has 0 spiro atoms. The number of hydrogen-bond donors (Lipinski definition) is 2. The van der Waals surface area contributed by atoms with Gasteiger partial charge in [0.15, 0.2) is 0 Å². The first kappa shape index (κ1) is 17.0. The molecule has 0 radical (unpaired) electrons. The Kier molecular flexibility index (Phi) is 5.36. The van der Waals surface area contributed by atoms with E-state index in [1.807, 2.05) is 62.4 Å². The predicted octanol–water partition coefficient (Wildman–Crippen LogP) is 5.40. The molecule has 3 rings (SSSR count). The second-order valence-electron chi connectivity index (χ2n) is 5.69. The number of nitrogens with zero attached hydrogens (tertiary/aromatic N) is 2. The molecule has 128 valence electrons. The second-order valence-corrected chi connectivity index (χ2v) is 6.13. The lowest BCUT2D eigenvalue weighted by molar-refractivity contribution is 0.244. The van der Waals surface area contributed by atoms with Gasteiger partial charge in [-0.05, 0) is 50.2 Å². The highest BCUT2D eigenvalue weighted by Gasteiger charge is 2.07. The van der Waals surface area contributed by atoms with Crippen molar-refractivity contribution < 1.29 is 4.74 Å². The van der Waals surface area contributed by atoms with Crippen molar-refractivity contribution in [3.63, 3.8) is 0 Å². The van der Waals surface area contributed by atoms with E-state index in [-0.39, 0.29) is 6.10 Å². The van der Waals surface area contributed by atoms with E-state index in [0.29, 0.717) is 16.8 Å². The Bertz CT molecular complexity index is 854. The van der Waals surface area contributed by atoms with Gasteiger partial charge in [0.05, 0.1) is 11.8 Å². The van der Waals surface area contributed by atoms with Crippen LogP contribution in [0.2, 0.25) is 5.02 Å². The molecule has 3 aromatic rings. The largest absolute Gasteiger partial charge is 0.489 e. The van der Waals surface area contributed by atoms with Crippen molar-refractivity contribution in [2.24, 2.45) is 0 Å². The zero-order chi connectivity index (χ0) is 17.6. The highest BCUT2D eigenvalue weighted by molar-refractivity contribution is 6.30. The van der Waals surface area contributed by atoms with Crippen LogP contribution in [0.15, 0.2) is 60.8 Å². The van der Waals surface area contributed by atoms with Crippen molar-refractivity contribution in [1.29, 1.82) is 0 Å². The van der Waals surface area contributed by atoms with Crippen LogP contribution in [0.3, 0.4) is 0 Å². The summed E-state index contributed by atoms with van der Waals surface area (Å²) in [6.07, 6.45) is 1.78. The summed E-state index contributed by atoms with van der Waals surface area (Å²) < 4.78 is 5.82. The minimum atomic E-state index is 0.0911. The fraction of sp³-hybridized carbons (Fsp3) is 0.158. The number of rotatable bonds is 6. The molecule has 0 fully saturated rings. The molecule has 1 heterocycles. The Balaban J connectivity index is 1.78. The quantitative estimate of drug-likeness (QED) is 0.620. The van der Waals surface area contributed by atoms with E-state index in [4.69, 9.17) is 16.3 Å². The van der Waals surface area contributed by atoms with Crippen LogP contribution in [0.4, 0.5) is 23.1 Å². The van der Waals surface area contributed by atoms with Crippen LogP contribution >= 0.6 is 11.6 Å². The maximum Gasteiger partial charge on any atom is 0.229 e. The number of ether oxygens (including phenoxy) is 1. The average molecular weight is 355 g/mol. The van der Waals surface area contributed by atoms with E-state index >= 15 is 0 Å². The standard InChI is InChI=1S/C19H19ClN4O/c1-13(2)25-17-9-4-3-8-16(17)23-18-10-11-21-19(24-18)22-15-7-5-6-14(20)12-15/h3-13H,1-2H3,(H2,21,22,23,24). The molecule has 0 saturated carbocycles. The molecule has 0 unspecified atom stereocenters. The van der Waals surface area contributed by atoms with Crippen molar-refractivity contribution in [2.75, 3.05) is 10.6 Å². The highest BCUT2D eigenvalue weighted by atomic mass is 35.5. The van der Waals surface area contributed by atoms with Crippen molar-refractivity contribution in [3.8, 4) is 5.75 Å². The predicted molar refractivity (Wildman–Crippen MR) is 102 cm³/mol. The smallest absolute Gasteiger partial charge is 0.229 e. The van der Waals surface area contributed by atoms with Crippen molar-refractivity contribution >= 4 is 34.7 Å². The average Bonchev–Trinajstić information content (AvgIpc) is 2.57. The van der Waals surface area contributed by atoms with Gasteiger partial charge in [0.2, 0.25) is 5.95 Å². The molecule has 2 N–H and O–H groups in total. The first-order valence-corrected chi connectivity index (χ1v) is 8.36. The van der Waals surface area contributed by atoms with Gasteiger partial charge in [0, 0.05) is 16.9 Å². The molecule has 5 nitrogen and oxygen atoms in total. The SMILES string of the molecule is CC(C)Oc1ccccc1Nc1ccnc(Nc2cccc(Cl)c2)n1. The summed E-state index contributed by atoms with van der Waals surface area (Å²) in [6.45, 7) is 3.99. The minimum Gasteiger partial charge on any atom is -0.489 e. The molecule has 0 bridgehead atoms. The van der Waals surface area contributed by atoms with Crippen molar-refractivity contribution in [3.05, 3.63) is 65.8 Å². The number of aromatic nitrogens is 2. The van der Waals surface area contributed by atoms with Gasteiger partial charge in [-0.3, -0.25) is 0 Å². The fourth-order valence-electron chi connectivity index (χ4n) is 2.25. The van der Waals surface area contributed by atoms with Crippen LogP contribution in [0, 0.1) is 0 Å². The van der Waals surface area contributed by atoms with Gasteiger partial charge >= 0.3 is 0 Å². The van der Waals surface area contributed by atoms with Crippen LogP contribution in [-0.2, 0) is 0 Å². The van der Waals surface area contributed by atoms with Crippen LogP contribution < -0.4 is 15.4 Å². The molecule has 0 aliphatic rings. The van der Waals surface area contributed by atoms with E-state index in [1.165, 1.54) is 0 Å². The maximum atomic E-state index is 6.00. The first-order valence-electron chi connectivity index (χ1n) is 7.98. The molecule has 0 atom stereocenters. The van der Waals surface area contributed by atoms with E-state index in [2.05, 4.69) is 20.6 Å². The Morgan fingerprint density at radius 2 is 1.84 bits per heavy atom. The Labute approximate surface area is 152 Å². The minimum absolute atomic E-state index is 0.0911. The van der Waals surface area contributed by atoms with E-state index in [9.17, 15) is 0 Å². The topological polar surface area (TPSA) is 59.1 Å². The van der Waals surface area contributed by atoms with Crippen LogP contribution in [0.1, 0.15) is 13.8 Å². The van der Waals surface area contributed by atoms with E-state index in [1.54, 1.807) is 12.3 Å².